The van der Waals surface area contributed by atoms with Gasteiger partial charge in [-0.05, 0) is 24.5 Å². The summed E-state index contributed by atoms with van der Waals surface area (Å²) in [6, 6.07) is 8.10. The summed E-state index contributed by atoms with van der Waals surface area (Å²) in [5.41, 5.74) is 0.475. The molecule has 3 rings (SSSR count). The number of aryl methyl sites for hydroxylation is 1. The molecule has 1 fully saturated rings. The first-order valence-electron chi connectivity index (χ1n) is 8.54. The lowest BCUT2D eigenvalue weighted by atomic mass is 9.96. The number of halogens is 5. The molecule has 0 saturated heterocycles. The van der Waals surface area contributed by atoms with Crippen LogP contribution in [-0.2, 0) is 25.2 Å². The molecule has 0 atom stereocenters. The first kappa shape index (κ1) is 23.0. The largest absolute Gasteiger partial charge is 0.435 e. The maximum Gasteiger partial charge on any atom is 0.435 e. The average molecular weight is 572 g/mol. The highest BCUT2D eigenvalue weighted by Crippen LogP contribution is 2.49. The van der Waals surface area contributed by atoms with Gasteiger partial charge in [-0.15, -0.1) is 24.0 Å². The Labute approximate surface area is 187 Å². The molecular formula is C18H22BrF3IN5. The van der Waals surface area contributed by atoms with Crippen LogP contribution in [-0.4, -0.2) is 29.3 Å². The van der Waals surface area contributed by atoms with Crippen LogP contribution in [0.5, 0.6) is 0 Å². The lowest BCUT2D eigenvalue weighted by molar-refractivity contribution is -0.142. The predicted molar refractivity (Wildman–Crippen MR) is 117 cm³/mol. The van der Waals surface area contributed by atoms with Crippen LogP contribution in [0.25, 0.3) is 0 Å². The van der Waals surface area contributed by atoms with Crippen LogP contribution < -0.4 is 10.6 Å². The highest BCUT2D eigenvalue weighted by Gasteiger charge is 2.45. The van der Waals surface area contributed by atoms with Gasteiger partial charge in [0.1, 0.15) is 0 Å². The van der Waals surface area contributed by atoms with E-state index >= 15 is 0 Å². The SMILES string of the molecule is CN=C(NCc1cn(C)nc1C(F)(F)F)NCC1(c2ccccc2Br)CC1.I. The summed E-state index contributed by atoms with van der Waals surface area (Å²) in [6.45, 7) is 0.652. The van der Waals surface area contributed by atoms with Crippen molar-refractivity contribution in [2.45, 2.75) is 31.0 Å². The van der Waals surface area contributed by atoms with E-state index in [9.17, 15) is 13.2 Å². The van der Waals surface area contributed by atoms with Gasteiger partial charge in [-0.1, -0.05) is 34.1 Å². The van der Waals surface area contributed by atoms with Gasteiger partial charge in [0.15, 0.2) is 11.7 Å². The fourth-order valence-corrected chi connectivity index (χ4v) is 3.85. The normalized spacial score (nSPS) is 15.7. The predicted octanol–water partition coefficient (Wildman–Crippen LogP) is 4.22. The number of guanidine groups is 1. The summed E-state index contributed by atoms with van der Waals surface area (Å²) in [5.74, 6) is 0.463. The third kappa shape index (κ3) is 5.19. The van der Waals surface area contributed by atoms with Gasteiger partial charge in [-0.25, -0.2) is 0 Å². The first-order chi connectivity index (χ1) is 12.7. The Kier molecular flexibility index (Phi) is 7.40. The summed E-state index contributed by atoms with van der Waals surface area (Å²) in [7, 11) is 3.07. The van der Waals surface area contributed by atoms with E-state index in [4.69, 9.17) is 0 Å². The lowest BCUT2D eigenvalue weighted by Gasteiger charge is -2.20. The van der Waals surface area contributed by atoms with Gasteiger partial charge in [0.05, 0.1) is 0 Å². The second-order valence-electron chi connectivity index (χ2n) is 6.71. The van der Waals surface area contributed by atoms with Gasteiger partial charge in [0.2, 0.25) is 0 Å². The number of alkyl halides is 3. The molecule has 2 N–H and O–H groups in total. The lowest BCUT2D eigenvalue weighted by Crippen LogP contribution is -2.41. The summed E-state index contributed by atoms with van der Waals surface area (Å²) in [4.78, 5) is 4.12. The zero-order valence-electron chi connectivity index (χ0n) is 15.5. The third-order valence-corrected chi connectivity index (χ3v) is 5.43. The molecule has 1 saturated carbocycles. The van der Waals surface area contributed by atoms with Crippen LogP contribution in [0.15, 0.2) is 39.9 Å². The van der Waals surface area contributed by atoms with E-state index in [-0.39, 0.29) is 41.5 Å². The first-order valence-corrected chi connectivity index (χ1v) is 9.34. The monoisotopic (exact) mass is 571 g/mol. The van der Waals surface area contributed by atoms with Crippen molar-refractivity contribution < 1.29 is 13.2 Å². The highest BCUT2D eigenvalue weighted by molar-refractivity contribution is 14.0. The van der Waals surface area contributed by atoms with Gasteiger partial charge in [0, 0.05) is 48.8 Å². The molecule has 154 valence electrons. The molecule has 0 aliphatic heterocycles. The Morgan fingerprint density at radius 1 is 1.29 bits per heavy atom. The van der Waals surface area contributed by atoms with E-state index in [1.165, 1.54) is 23.5 Å². The summed E-state index contributed by atoms with van der Waals surface area (Å²) in [6.07, 6.45) is -1.000. The van der Waals surface area contributed by atoms with Gasteiger partial charge in [-0.3, -0.25) is 9.67 Å². The summed E-state index contributed by atoms with van der Waals surface area (Å²) >= 11 is 3.60. The molecule has 5 nitrogen and oxygen atoms in total. The van der Waals surface area contributed by atoms with E-state index in [1.807, 2.05) is 18.2 Å². The summed E-state index contributed by atoms with van der Waals surface area (Å²) < 4.78 is 41.4. The second-order valence-corrected chi connectivity index (χ2v) is 7.57. The van der Waals surface area contributed by atoms with Crippen molar-refractivity contribution in [1.29, 1.82) is 0 Å². The van der Waals surface area contributed by atoms with Crippen molar-refractivity contribution in [3.63, 3.8) is 0 Å². The molecule has 1 aliphatic carbocycles. The Morgan fingerprint density at radius 3 is 2.54 bits per heavy atom. The Morgan fingerprint density at radius 2 is 1.96 bits per heavy atom. The van der Waals surface area contributed by atoms with Gasteiger partial charge in [-0.2, -0.15) is 18.3 Å². The van der Waals surface area contributed by atoms with Gasteiger partial charge < -0.3 is 10.6 Å². The van der Waals surface area contributed by atoms with E-state index in [0.29, 0.717) is 12.5 Å². The van der Waals surface area contributed by atoms with E-state index in [2.05, 4.69) is 42.7 Å². The van der Waals surface area contributed by atoms with E-state index < -0.39 is 11.9 Å². The zero-order valence-corrected chi connectivity index (χ0v) is 19.4. The molecular weight excluding hydrogens is 550 g/mol. The standard InChI is InChI=1S/C18H21BrF3N5.HI/c1-23-16(24-9-12-10-27(2)26-15(12)18(20,21)22)25-11-17(7-8-17)13-5-3-4-6-14(13)19;/h3-6,10H,7-9,11H2,1-2H3,(H2,23,24,25);1H. The van der Waals surface area contributed by atoms with Crippen molar-refractivity contribution in [3.05, 3.63) is 51.8 Å². The minimum absolute atomic E-state index is 0. The molecule has 0 bridgehead atoms. The molecule has 2 aromatic rings. The number of rotatable bonds is 5. The number of nitrogens with zero attached hydrogens (tertiary/aromatic N) is 3. The topological polar surface area (TPSA) is 54.2 Å². The molecule has 1 aromatic carbocycles. The molecule has 0 amide bonds. The van der Waals surface area contributed by atoms with Crippen molar-refractivity contribution in [1.82, 2.24) is 20.4 Å². The number of nitrogens with one attached hydrogen (secondary N) is 2. The van der Waals surface area contributed by atoms with Crippen molar-refractivity contribution in [3.8, 4) is 0 Å². The minimum Gasteiger partial charge on any atom is -0.356 e. The molecule has 0 spiro atoms. The number of benzene rings is 1. The van der Waals surface area contributed by atoms with Gasteiger partial charge >= 0.3 is 6.18 Å². The van der Waals surface area contributed by atoms with Gasteiger partial charge in [0.25, 0.3) is 0 Å². The van der Waals surface area contributed by atoms with Crippen LogP contribution in [0.1, 0.15) is 29.7 Å². The van der Waals surface area contributed by atoms with E-state index in [0.717, 1.165) is 17.3 Å². The highest BCUT2D eigenvalue weighted by atomic mass is 127. The fraction of sp³-hybridized carbons (Fsp3) is 0.444. The van der Waals surface area contributed by atoms with Crippen LogP contribution in [0, 0.1) is 0 Å². The fourth-order valence-electron chi connectivity index (χ4n) is 3.14. The molecule has 28 heavy (non-hydrogen) atoms. The Balaban J connectivity index is 0.00000280. The van der Waals surface area contributed by atoms with Crippen molar-refractivity contribution in [2.24, 2.45) is 12.0 Å². The number of hydrogen-bond donors (Lipinski definition) is 2. The zero-order chi connectivity index (χ0) is 19.7. The molecule has 10 heteroatoms. The van der Waals surface area contributed by atoms with Crippen LogP contribution in [0.4, 0.5) is 13.2 Å². The number of hydrogen-bond acceptors (Lipinski definition) is 2. The quantitative estimate of drug-likeness (QED) is 0.321. The Bertz CT molecular complexity index is 846. The molecule has 0 unspecified atom stereocenters. The Hall–Kier alpha value is -1.30. The molecule has 0 radical (unpaired) electrons. The van der Waals surface area contributed by atoms with Crippen LogP contribution in [0.2, 0.25) is 0 Å². The molecule has 1 aromatic heterocycles. The smallest absolute Gasteiger partial charge is 0.356 e. The maximum absolute atomic E-state index is 13.1. The summed E-state index contributed by atoms with van der Waals surface area (Å²) in [5, 5.41) is 9.71. The maximum atomic E-state index is 13.1. The van der Waals surface area contributed by atoms with Crippen LogP contribution in [0.3, 0.4) is 0 Å². The molecule has 1 aliphatic rings. The minimum atomic E-state index is -4.48. The third-order valence-electron chi connectivity index (χ3n) is 4.74. The van der Waals surface area contributed by atoms with Crippen molar-refractivity contribution >= 4 is 45.9 Å². The average Bonchev–Trinajstić information content (AvgIpc) is 3.29. The number of aliphatic imine (C=N–C) groups is 1. The number of aromatic nitrogens is 2. The molecule has 1 heterocycles. The van der Waals surface area contributed by atoms with Crippen LogP contribution >= 0.6 is 39.9 Å². The van der Waals surface area contributed by atoms with E-state index in [1.54, 1.807) is 7.05 Å². The van der Waals surface area contributed by atoms with Crippen molar-refractivity contribution in [2.75, 3.05) is 13.6 Å². The second kappa shape index (κ2) is 9.02.